The number of nitrogens with one attached hydrogen (secondary N) is 2. The van der Waals surface area contributed by atoms with Crippen molar-refractivity contribution in [2.75, 3.05) is 25.5 Å². The van der Waals surface area contributed by atoms with Gasteiger partial charge in [-0.05, 0) is 35.1 Å². The van der Waals surface area contributed by atoms with Crippen molar-refractivity contribution in [2.45, 2.75) is 6.54 Å². The zero-order chi connectivity index (χ0) is 13.7. The maximum absolute atomic E-state index is 11.9. The van der Waals surface area contributed by atoms with Crippen molar-refractivity contribution in [1.82, 2.24) is 15.1 Å². The molecule has 0 saturated carbocycles. The van der Waals surface area contributed by atoms with Crippen LogP contribution in [0.5, 0.6) is 0 Å². The molecule has 0 aliphatic heterocycles. The lowest BCUT2D eigenvalue weighted by Gasteiger charge is -2.07. The average molecular weight is 343 g/mol. The third-order valence-electron chi connectivity index (χ3n) is 2.51. The Morgan fingerprint density at radius 2 is 2.26 bits per heavy atom. The van der Waals surface area contributed by atoms with Gasteiger partial charge in [-0.15, -0.1) is 11.3 Å². The van der Waals surface area contributed by atoms with Crippen molar-refractivity contribution < 1.29 is 0 Å². The number of halogens is 1. The molecule has 0 radical (unpaired) electrons. The lowest BCUT2D eigenvalue weighted by atomic mass is 10.4. The first-order valence-corrected chi connectivity index (χ1v) is 7.50. The van der Waals surface area contributed by atoms with Gasteiger partial charge in [0.15, 0.2) is 0 Å². The van der Waals surface area contributed by atoms with Crippen LogP contribution in [0.25, 0.3) is 0 Å². The van der Waals surface area contributed by atoms with E-state index in [4.69, 9.17) is 0 Å². The number of anilines is 1. The molecule has 102 valence electrons. The van der Waals surface area contributed by atoms with Crippen molar-refractivity contribution in [3.63, 3.8) is 0 Å². The summed E-state index contributed by atoms with van der Waals surface area (Å²) < 4.78 is 2.52. The molecule has 0 atom stereocenters. The summed E-state index contributed by atoms with van der Waals surface area (Å²) >= 11 is 5.01. The Labute approximate surface area is 123 Å². The number of thiophene rings is 1. The van der Waals surface area contributed by atoms with Gasteiger partial charge in [0.05, 0.1) is 22.2 Å². The van der Waals surface area contributed by atoms with Crippen LogP contribution in [0, 0.1) is 0 Å². The van der Waals surface area contributed by atoms with Crippen LogP contribution in [-0.4, -0.2) is 29.9 Å². The fourth-order valence-corrected chi connectivity index (χ4v) is 3.03. The monoisotopic (exact) mass is 342 g/mol. The first-order valence-electron chi connectivity index (χ1n) is 5.89. The van der Waals surface area contributed by atoms with E-state index < -0.39 is 0 Å². The first kappa shape index (κ1) is 14.2. The molecule has 5 nitrogen and oxygen atoms in total. The van der Waals surface area contributed by atoms with Gasteiger partial charge in [-0.1, -0.05) is 0 Å². The summed E-state index contributed by atoms with van der Waals surface area (Å²) in [6.07, 6.45) is 1.68. The number of rotatable bonds is 6. The number of hydrogen-bond donors (Lipinski definition) is 2. The van der Waals surface area contributed by atoms with Crippen molar-refractivity contribution in [2.24, 2.45) is 0 Å². The molecule has 19 heavy (non-hydrogen) atoms. The van der Waals surface area contributed by atoms with Crippen LogP contribution in [-0.2, 0) is 6.54 Å². The second-order valence-electron chi connectivity index (χ2n) is 3.98. The molecule has 7 heteroatoms. The Bertz CT molecular complexity index is 595. The number of hydrogen-bond acceptors (Lipinski definition) is 5. The highest BCUT2D eigenvalue weighted by Crippen LogP contribution is 2.22. The van der Waals surface area contributed by atoms with Gasteiger partial charge in [0, 0.05) is 24.0 Å². The van der Waals surface area contributed by atoms with Crippen LogP contribution in [0.3, 0.4) is 0 Å². The minimum atomic E-state index is -0.0982. The Morgan fingerprint density at radius 1 is 1.42 bits per heavy atom. The number of aromatic nitrogens is 2. The summed E-state index contributed by atoms with van der Waals surface area (Å²) in [6.45, 7) is 2.11. The molecular weight excluding hydrogens is 328 g/mol. The summed E-state index contributed by atoms with van der Waals surface area (Å²) in [7, 11) is 1.89. The molecule has 0 aliphatic rings. The van der Waals surface area contributed by atoms with E-state index in [0.29, 0.717) is 6.54 Å². The summed E-state index contributed by atoms with van der Waals surface area (Å²) in [4.78, 5) is 13.0. The minimum Gasteiger partial charge on any atom is -0.382 e. The second-order valence-corrected chi connectivity index (χ2v) is 6.52. The van der Waals surface area contributed by atoms with Crippen molar-refractivity contribution in [3.8, 4) is 0 Å². The zero-order valence-corrected chi connectivity index (χ0v) is 12.9. The fraction of sp³-hybridized carbons (Fsp3) is 0.333. The summed E-state index contributed by atoms with van der Waals surface area (Å²) in [5, 5.41) is 10.3. The van der Waals surface area contributed by atoms with Gasteiger partial charge in [0.25, 0.3) is 5.56 Å². The molecule has 2 rings (SSSR count). The first-order chi connectivity index (χ1) is 9.19. The molecule has 0 amide bonds. The molecule has 0 bridgehead atoms. The zero-order valence-electron chi connectivity index (χ0n) is 10.5. The third kappa shape index (κ3) is 4.15. The van der Waals surface area contributed by atoms with Gasteiger partial charge in [-0.25, -0.2) is 4.68 Å². The largest absolute Gasteiger partial charge is 0.382 e. The van der Waals surface area contributed by atoms with Crippen LogP contribution in [0.15, 0.2) is 33.0 Å². The molecule has 0 fully saturated rings. The van der Waals surface area contributed by atoms with E-state index in [9.17, 15) is 4.79 Å². The SMILES string of the molecule is CNCCNc1cnn(Cc2ccc(Br)s2)c(=O)c1. The summed E-state index contributed by atoms with van der Waals surface area (Å²) in [5.74, 6) is 0. The van der Waals surface area contributed by atoms with Gasteiger partial charge in [-0.3, -0.25) is 4.79 Å². The summed E-state index contributed by atoms with van der Waals surface area (Å²) in [6, 6.07) is 5.53. The standard InChI is InChI=1S/C12H15BrN4OS/c1-14-4-5-15-9-6-12(18)17(16-7-9)8-10-2-3-11(13)19-10/h2-3,6-7,14-15H,4-5,8H2,1H3. The maximum Gasteiger partial charge on any atom is 0.269 e. The molecule has 2 aromatic heterocycles. The maximum atomic E-state index is 11.9. The second kappa shape index (κ2) is 6.83. The normalized spacial score (nSPS) is 10.6. The Kier molecular flexibility index (Phi) is 5.12. The van der Waals surface area contributed by atoms with Gasteiger partial charge in [0.2, 0.25) is 0 Å². The van der Waals surface area contributed by atoms with Gasteiger partial charge < -0.3 is 10.6 Å². The fourth-order valence-electron chi connectivity index (χ4n) is 1.57. The van der Waals surface area contributed by atoms with Gasteiger partial charge >= 0.3 is 0 Å². The van der Waals surface area contributed by atoms with E-state index in [1.807, 2.05) is 19.2 Å². The van der Waals surface area contributed by atoms with Gasteiger partial charge in [-0.2, -0.15) is 5.10 Å². The van der Waals surface area contributed by atoms with Gasteiger partial charge in [0.1, 0.15) is 0 Å². The minimum absolute atomic E-state index is 0.0982. The van der Waals surface area contributed by atoms with Crippen LogP contribution in [0.2, 0.25) is 0 Å². The lowest BCUT2D eigenvalue weighted by molar-refractivity contribution is 0.646. The highest BCUT2D eigenvalue weighted by Gasteiger charge is 2.03. The number of nitrogens with zero attached hydrogens (tertiary/aromatic N) is 2. The van der Waals surface area contributed by atoms with Crippen molar-refractivity contribution in [3.05, 3.63) is 43.4 Å². The molecule has 0 aromatic carbocycles. The Hall–Kier alpha value is -1.18. The van der Waals surface area contributed by atoms with E-state index in [2.05, 4.69) is 31.7 Å². The van der Waals surface area contributed by atoms with Crippen LogP contribution < -0.4 is 16.2 Å². The van der Waals surface area contributed by atoms with E-state index in [1.54, 1.807) is 23.6 Å². The smallest absolute Gasteiger partial charge is 0.269 e. The molecule has 0 aliphatic carbocycles. The van der Waals surface area contributed by atoms with Crippen molar-refractivity contribution in [1.29, 1.82) is 0 Å². The third-order valence-corrected chi connectivity index (χ3v) is 4.12. The molecule has 2 aromatic rings. The average Bonchev–Trinajstić information content (AvgIpc) is 2.79. The van der Waals surface area contributed by atoms with Crippen molar-refractivity contribution >= 4 is 33.0 Å². The summed E-state index contributed by atoms with van der Waals surface area (Å²) in [5.41, 5.74) is 0.655. The van der Waals surface area contributed by atoms with Crippen LogP contribution in [0.4, 0.5) is 5.69 Å². The van der Waals surface area contributed by atoms with E-state index in [0.717, 1.165) is 27.4 Å². The van der Waals surface area contributed by atoms with Crippen LogP contribution >= 0.6 is 27.3 Å². The highest BCUT2D eigenvalue weighted by atomic mass is 79.9. The predicted molar refractivity (Wildman–Crippen MR) is 82.0 cm³/mol. The Morgan fingerprint density at radius 3 is 2.89 bits per heavy atom. The highest BCUT2D eigenvalue weighted by molar-refractivity contribution is 9.11. The topological polar surface area (TPSA) is 59.0 Å². The van der Waals surface area contributed by atoms with Crippen LogP contribution in [0.1, 0.15) is 4.88 Å². The van der Waals surface area contributed by atoms with E-state index >= 15 is 0 Å². The lowest BCUT2D eigenvalue weighted by Crippen LogP contribution is -2.24. The van der Waals surface area contributed by atoms with E-state index in [-0.39, 0.29) is 5.56 Å². The predicted octanol–water partition coefficient (Wildman–Crippen LogP) is 1.75. The molecule has 0 unspecified atom stereocenters. The van der Waals surface area contributed by atoms with E-state index in [1.165, 1.54) is 4.68 Å². The Balaban J connectivity index is 2.04. The molecule has 0 spiro atoms. The number of likely N-dealkylation sites (N-methyl/N-ethyl adjacent to an activating group) is 1. The molecule has 0 saturated heterocycles. The molecular formula is C12H15BrN4OS. The quantitative estimate of drug-likeness (QED) is 0.785. The molecule has 2 heterocycles. The molecule has 2 N–H and O–H groups in total.